The van der Waals surface area contributed by atoms with Gasteiger partial charge in [-0.3, -0.25) is 19.4 Å². The molecule has 166 valence electrons. The summed E-state index contributed by atoms with van der Waals surface area (Å²) in [5.41, 5.74) is 2.39. The van der Waals surface area contributed by atoms with E-state index in [4.69, 9.17) is 4.74 Å². The zero-order chi connectivity index (χ0) is 21.5. The third-order valence-corrected chi connectivity index (χ3v) is 6.64. The second-order valence-electron chi connectivity index (χ2n) is 8.03. The van der Waals surface area contributed by atoms with Gasteiger partial charge in [-0.15, -0.1) is 11.3 Å². The van der Waals surface area contributed by atoms with Gasteiger partial charge in [0.15, 0.2) is 0 Å². The average Bonchev–Trinajstić information content (AvgIpc) is 3.34. The van der Waals surface area contributed by atoms with Gasteiger partial charge in [-0.2, -0.15) is 0 Å². The Morgan fingerprint density at radius 2 is 1.61 bits per heavy atom. The van der Waals surface area contributed by atoms with Crippen molar-refractivity contribution < 1.29 is 14.3 Å². The summed E-state index contributed by atoms with van der Waals surface area (Å²) in [7, 11) is 0. The number of nitrogens with zero attached hydrogens (tertiary/aromatic N) is 3. The molecule has 2 saturated heterocycles. The number of nitrogens with one attached hydrogen (secondary N) is 1. The van der Waals surface area contributed by atoms with Gasteiger partial charge in [0.2, 0.25) is 5.91 Å². The normalized spacial score (nSPS) is 18.1. The summed E-state index contributed by atoms with van der Waals surface area (Å²) >= 11 is 1.47. The van der Waals surface area contributed by atoms with E-state index in [1.54, 1.807) is 0 Å². The Labute approximate surface area is 187 Å². The van der Waals surface area contributed by atoms with Crippen LogP contribution in [0.3, 0.4) is 0 Å². The molecule has 1 aromatic carbocycles. The van der Waals surface area contributed by atoms with Crippen LogP contribution in [-0.4, -0.2) is 85.5 Å². The second kappa shape index (κ2) is 10.9. The molecule has 7 nitrogen and oxygen atoms in total. The molecule has 0 saturated carbocycles. The lowest BCUT2D eigenvalue weighted by atomic mass is 10.1. The van der Waals surface area contributed by atoms with Crippen molar-refractivity contribution in [2.24, 2.45) is 0 Å². The number of amides is 2. The van der Waals surface area contributed by atoms with Crippen molar-refractivity contribution in [1.29, 1.82) is 0 Å². The van der Waals surface area contributed by atoms with E-state index in [0.29, 0.717) is 26.2 Å². The number of morpholine rings is 1. The van der Waals surface area contributed by atoms with Crippen LogP contribution in [0.15, 0.2) is 41.8 Å². The smallest absolute Gasteiger partial charge is 0.264 e. The molecular weight excluding hydrogens is 412 g/mol. The molecule has 31 heavy (non-hydrogen) atoms. The number of benzene rings is 1. The van der Waals surface area contributed by atoms with Crippen LogP contribution in [0.5, 0.6) is 0 Å². The lowest BCUT2D eigenvalue weighted by molar-refractivity contribution is -0.122. The summed E-state index contributed by atoms with van der Waals surface area (Å²) in [6.45, 7) is 8.20. The van der Waals surface area contributed by atoms with E-state index < -0.39 is 0 Å². The molecule has 4 rings (SSSR count). The number of carbonyl (C=O) groups excluding carboxylic acids is 2. The largest absolute Gasteiger partial charge is 0.379 e. The summed E-state index contributed by atoms with van der Waals surface area (Å²) in [6.07, 6.45) is 0. The van der Waals surface area contributed by atoms with Gasteiger partial charge in [-0.1, -0.05) is 30.3 Å². The predicted octanol–water partition coefficient (Wildman–Crippen LogP) is 1.65. The molecule has 1 N–H and O–H groups in total. The Morgan fingerprint density at radius 3 is 2.29 bits per heavy atom. The van der Waals surface area contributed by atoms with Crippen molar-refractivity contribution in [1.82, 2.24) is 20.0 Å². The predicted molar refractivity (Wildman–Crippen MR) is 121 cm³/mol. The monoisotopic (exact) mass is 442 g/mol. The van der Waals surface area contributed by atoms with Gasteiger partial charge >= 0.3 is 0 Å². The summed E-state index contributed by atoms with van der Waals surface area (Å²) in [5.74, 6) is 0.117. The Bertz CT molecular complexity index is 842. The van der Waals surface area contributed by atoms with Crippen molar-refractivity contribution in [3.63, 3.8) is 0 Å². The van der Waals surface area contributed by atoms with Crippen LogP contribution >= 0.6 is 11.3 Å². The standard InChI is InChI=1S/C23H30N4O3S/c28-22(18-25-7-9-27(10-8-25)23(29)21-2-1-15-31-21)24-16-19-3-5-20(6-4-19)17-26-11-13-30-14-12-26/h1-6,15H,7-14,16-18H2,(H,24,28). The molecule has 2 aliphatic heterocycles. The molecular formula is C23H30N4O3S. The van der Waals surface area contributed by atoms with Crippen molar-refractivity contribution >= 4 is 23.2 Å². The lowest BCUT2D eigenvalue weighted by Gasteiger charge is -2.34. The summed E-state index contributed by atoms with van der Waals surface area (Å²) in [5, 5.41) is 4.94. The number of ether oxygens (including phenoxy) is 1. The molecule has 1 aromatic heterocycles. The van der Waals surface area contributed by atoms with Crippen LogP contribution in [0.25, 0.3) is 0 Å². The van der Waals surface area contributed by atoms with Crippen LogP contribution in [0, 0.1) is 0 Å². The SMILES string of the molecule is O=C(CN1CCN(C(=O)c2cccs2)CC1)NCc1ccc(CN2CCOCC2)cc1. The number of rotatable bonds is 7. The van der Waals surface area contributed by atoms with Crippen molar-refractivity contribution in [3.8, 4) is 0 Å². The van der Waals surface area contributed by atoms with Crippen LogP contribution in [0.2, 0.25) is 0 Å². The van der Waals surface area contributed by atoms with E-state index in [1.807, 2.05) is 22.4 Å². The van der Waals surface area contributed by atoms with Gasteiger partial charge in [0, 0.05) is 52.4 Å². The first-order chi connectivity index (χ1) is 15.2. The molecule has 0 radical (unpaired) electrons. The molecule has 0 bridgehead atoms. The highest BCUT2D eigenvalue weighted by Crippen LogP contribution is 2.14. The number of carbonyl (C=O) groups is 2. The Hall–Kier alpha value is -2.26. The lowest BCUT2D eigenvalue weighted by Crippen LogP contribution is -2.51. The van der Waals surface area contributed by atoms with Gasteiger partial charge in [-0.05, 0) is 22.6 Å². The maximum Gasteiger partial charge on any atom is 0.264 e. The number of hydrogen-bond donors (Lipinski definition) is 1. The molecule has 2 aromatic rings. The van der Waals surface area contributed by atoms with Crippen molar-refractivity contribution in [3.05, 3.63) is 57.8 Å². The van der Waals surface area contributed by atoms with Gasteiger partial charge in [0.25, 0.3) is 5.91 Å². The molecule has 0 unspecified atom stereocenters. The maximum absolute atomic E-state index is 12.4. The van der Waals surface area contributed by atoms with Gasteiger partial charge < -0.3 is 15.0 Å². The van der Waals surface area contributed by atoms with E-state index in [2.05, 4.69) is 39.4 Å². The van der Waals surface area contributed by atoms with Gasteiger partial charge in [-0.25, -0.2) is 0 Å². The van der Waals surface area contributed by atoms with E-state index in [1.165, 1.54) is 16.9 Å². The number of thiophene rings is 1. The van der Waals surface area contributed by atoms with E-state index >= 15 is 0 Å². The molecule has 2 fully saturated rings. The van der Waals surface area contributed by atoms with Crippen LogP contribution in [0.1, 0.15) is 20.8 Å². The van der Waals surface area contributed by atoms with Gasteiger partial charge in [0.1, 0.15) is 0 Å². The summed E-state index contributed by atoms with van der Waals surface area (Å²) < 4.78 is 5.39. The van der Waals surface area contributed by atoms with Crippen molar-refractivity contribution in [2.45, 2.75) is 13.1 Å². The molecule has 0 atom stereocenters. The molecule has 2 amide bonds. The fraction of sp³-hybridized carbons (Fsp3) is 0.478. The Kier molecular flexibility index (Phi) is 7.69. The Balaban J connectivity index is 1.15. The zero-order valence-electron chi connectivity index (χ0n) is 17.8. The van der Waals surface area contributed by atoms with E-state index in [-0.39, 0.29) is 11.8 Å². The molecule has 3 heterocycles. The third kappa shape index (κ3) is 6.36. The molecule has 8 heteroatoms. The molecule has 0 aliphatic carbocycles. The fourth-order valence-corrected chi connectivity index (χ4v) is 4.60. The molecule has 2 aliphatic rings. The van der Waals surface area contributed by atoms with Gasteiger partial charge in [0.05, 0.1) is 24.6 Å². The topological polar surface area (TPSA) is 65.1 Å². The van der Waals surface area contributed by atoms with Crippen LogP contribution < -0.4 is 5.32 Å². The minimum Gasteiger partial charge on any atom is -0.379 e. The molecule has 0 spiro atoms. The summed E-state index contributed by atoms with van der Waals surface area (Å²) in [4.78, 5) is 31.9. The van der Waals surface area contributed by atoms with Crippen LogP contribution in [0.4, 0.5) is 0 Å². The quantitative estimate of drug-likeness (QED) is 0.707. The number of hydrogen-bond acceptors (Lipinski definition) is 6. The zero-order valence-corrected chi connectivity index (χ0v) is 18.6. The first kappa shape index (κ1) is 22.0. The van der Waals surface area contributed by atoms with Crippen LogP contribution in [-0.2, 0) is 22.6 Å². The average molecular weight is 443 g/mol. The highest BCUT2D eigenvalue weighted by molar-refractivity contribution is 7.12. The summed E-state index contributed by atoms with van der Waals surface area (Å²) in [6, 6.07) is 12.2. The highest BCUT2D eigenvalue weighted by Gasteiger charge is 2.23. The fourth-order valence-electron chi connectivity index (χ4n) is 3.90. The van der Waals surface area contributed by atoms with Crippen molar-refractivity contribution in [2.75, 3.05) is 59.0 Å². The highest BCUT2D eigenvalue weighted by atomic mass is 32.1. The third-order valence-electron chi connectivity index (χ3n) is 5.78. The Morgan fingerprint density at radius 1 is 0.903 bits per heavy atom. The van der Waals surface area contributed by atoms with E-state index in [9.17, 15) is 9.59 Å². The first-order valence-corrected chi connectivity index (χ1v) is 11.7. The van der Waals surface area contributed by atoms with E-state index in [0.717, 1.165) is 56.4 Å². The second-order valence-corrected chi connectivity index (χ2v) is 8.98. The first-order valence-electron chi connectivity index (χ1n) is 10.9. The maximum atomic E-state index is 12.4. The minimum absolute atomic E-state index is 0.0235. The number of piperazine rings is 1. The minimum atomic E-state index is 0.0235.